The normalized spacial score (nSPS) is 10.7. The molecular formula is C32H58O3. The summed E-state index contributed by atoms with van der Waals surface area (Å²) in [6.45, 7) is 4.52. The Bertz CT molecular complexity index is 552. The van der Waals surface area contributed by atoms with Crippen LogP contribution in [0.15, 0.2) is 24.3 Å². The van der Waals surface area contributed by atoms with Crippen LogP contribution in [0.5, 0.6) is 5.75 Å². The smallest absolute Gasteiger partial charge is 0.303 e. The van der Waals surface area contributed by atoms with Crippen LogP contribution in [-0.4, -0.2) is 16.2 Å². The Morgan fingerprint density at radius 1 is 0.543 bits per heavy atom. The zero-order chi connectivity index (χ0) is 25.8. The van der Waals surface area contributed by atoms with Crippen LogP contribution >= 0.6 is 0 Å². The highest BCUT2D eigenvalue weighted by Gasteiger charge is 1.97. The van der Waals surface area contributed by atoms with Crippen molar-refractivity contribution in [3.8, 4) is 5.75 Å². The Labute approximate surface area is 218 Å². The predicted octanol–water partition coefficient (Wildman–Crippen LogP) is 10.6. The fraction of sp³-hybridized carbons (Fsp3) is 0.781. The zero-order valence-electron chi connectivity index (χ0n) is 23.4. The molecule has 1 aromatic carbocycles. The summed E-state index contributed by atoms with van der Waals surface area (Å²) >= 11 is 0. The summed E-state index contributed by atoms with van der Waals surface area (Å²) in [5.74, 6) is -0.290. The molecule has 0 spiro atoms. The Kier molecular flexibility index (Phi) is 25.9. The third-order valence-corrected chi connectivity index (χ3v) is 6.75. The Balaban J connectivity index is 0.000000686. The van der Waals surface area contributed by atoms with E-state index < -0.39 is 5.97 Å². The van der Waals surface area contributed by atoms with Crippen LogP contribution in [0.2, 0.25) is 0 Å². The standard InChI is InChI=1S/C18H36O2.C14H22O/c1-2-3-4-5-6-7-8-9-10-11-12-13-14-15-16-17-18(19)20;1-2-3-4-5-6-7-8-13-9-11-14(15)12-10-13/h2-17H2,1H3,(H,19,20);9-12,15H,2-8H2,1H3. The Morgan fingerprint density at radius 3 is 1.26 bits per heavy atom. The number of phenolic OH excluding ortho intramolecular Hbond substituents is 1. The second-order valence-corrected chi connectivity index (χ2v) is 10.3. The van der Waals surface area contributed by atoms with Gasteiger partial charge in [0.05, 0.1) is 0 Å². The van der Waals surface area contributed by atoms with E-state index in [4.69, 9.17) is 10.2 Å². The van der Waals surface area contributed by atoms with Gasteiger partial charge in [0.15, 0.2) is 0 Å². The molecule has 0 heterocycles. The van der Waals surface area contributed by atoms with Crippen LogP contribution < -0.4 is 0 Å². The van der Waals surface area contributed by atoms with Gasteiger partial charge in [-0.3, -0.25) is 4.79 Å². The molecule has 3 heteroatoms. The summed E-state index contributed by atoms with van der Waals surface area (Å²) in [6.07, 6.45) is 29.4. The second-order valence-electron chi connectivity index (χ2n) is 10.3. The average Bonchev–Trinajstić information content (AvgIpc) is 2.85. The van der Waals surface area contributed by atoms with Crippen LogP contribution in [0.3, 0.4) is 0 Å². The van der Waals surface area contributed by atoms with Crippen LogP contribution in [0, 0.1) is 0 Å². The summed E-state index contributed by atoms with van der Waals surface area (Å²) in [6, 6.07) is 7.57. The number of benzene rings is 1. The van der Waals surface area contributed by atoms with Crippen molar-refractivity contribution in [1.29, 1.82) is 0 Å². The van der Waals surface area contributed by atoms with E-state index in [9.17, 15) is 4.79 Å². The molecule has 0 saturated carbocycles. The lowest BCUT2D eigenvalue weighted by Gasteiger charge is -2.03. The lowest BCUT2D eigenvalue weighted by atomic mass is 10.0. The van der Waals surface area contributed by atoms with Crippen molar-refractivity contribution in [1.82, 2.24) is 0 Å². The molecule has 2 N–H and O–H groups in total. The zero-order valence-corrected chi connectivity index (χ0v) is 23.4. The monoisotopic (exact) mass is 490 g/mol. The number of carboxylic acids is 1. The molecule has 1 aromatic rings. The number of unbranched alkanes of at least 4 members (excludes halogenated alkanes) is 19. The van der Waals surface area contributed by atoms with E-state index >= 15 is 0 Å². The number of carboxylic acid groups (broad SMARTS) is 1. The fourth-order valence-electron chi connectivity index (χ4n) is 4.42. The van der Waals surface area contributed by atoms with Crippen molar-refractivity contribution in [2.45, 2.75) is 162 Å². The summed E-state index contributed by atoms with van der Waals surface area (Å²) in [5.41, 5.74) is 1.34. The maximum absolute atomic E-state index is 10.3. The minimum atomic E-state index is -0.653. The molecule has 0 aromatic heterocycles. The van der Waals surface area contributed by atoms with Gasteiger partial charge in [0.25, 0.3) is 0 Å². The number of hydrogen-bond acceptors (Lipinski definition) is 2. The van der Waals surface area contributed by atoms with Crippen molar-refractivity contribution < 1.29 is 15.0 Å². The van der Waals surface area contributed by atoms with Crippen LogP contribution in [0.25, 0.3) is 0 Å². The molecule has 1 rings (SSSR count). The van der Waals surface area contributed by atoms with Gasteiger partial charge in [-0.15, -0.1) is 0 Å². The van der Waals surface area contributed by atoms with Crippen molar-refractivity contribution in [3.05, 3.63) is 29.8 Å². The molecule has 0 fully saturated rings. The van der Waals surface area contributed by atoms with Gasteiger partial charge < -0.3 is 10.2 Å². The van der Waals surface area contributed by atoms with Gasteiger partial charge in [-0.1, -0.05) is 148 Å². The fourth-order valence-corrected chi connectivity index (χ4v) is 4.42. The third kappa shape index (κ3) is 26.9. The van der Waals surface area contributed by atoms with E-state index in [-0.39, 0.29) is 0 Å². The molecule has 0 amide bonds. The second kappa shape index (κ2) is 27.1. The molecule has 0 aliphatic carbocycles. The number of aryl methyl sites for hydroxylation is 1. The maximum Gasteiger partial charge on any atom is 0.303 e. The number of carbonyl (C=O) groups is 1. The number of phenols is 1. The molecule has 3 nitrogen and oxygen atoms in total. The van der Waals surface area contributed by atoms with E-state index in [0.29, 0.717) is 12.2 Å². The Morgan fingerprint density at radius 2 is 0.886 bits per heavy atom. The molecule has 0 bridgehead atoms. The van der Waals surface area contributed by atoms with Gasteiger partial charge in [-0.05, 0) is 37.0 Å². The van der Waals surface area contributed by atoms with Gasteiger partial charge in [-0.2, -0.15) is 0 Å². The highest BCUT2D eigenvalue weighted by molar-refractivity contribution is 5.66. The topological polar surface area (TPSA) is 57.5 Å². The molecule has 0 atom stereocenters. The number of aromatic hydroxyl groups is 1. The molecule has 0 saturated heterocycles. The largest absolute Gasteiger partial charge is 0.508 e. The number of aliphatic carboxylic acids is 1. The number of hydrogen-bond donors (Lipinski definition) is 2. The summed E-state index contributed by atoms with van der Waals surface area (Å²) in [5, 5.41) is 17.6. The minimum Gasteiger partial charge on any atom is -0.508 e. The first-order valence-electron chi connectivity index (χ1n) is 15.1. The van der Waals surface area contributed by atoms with Crippen molar-refractivity contribution in [3.63, 3.8) is 0 Å². The third-order valence-electron chi connectivity index (χ3n) is 6.75. The molecule has 0 unspecified atom stereocenters. The maximum atomic E-state index is 10.3. The molecule has 0 aliphatic heterocycles. The van der Waals surface area contributed by atoms with Crippen molar-refractivity contribution >= 4 is 5.97 Å². The highest BCUT2D eigenvalue weighted by Crippen LogP contribution is 2.14. The molecule has 204 valence electrons. The lowest BCUT2D eigenvalue weighted by molar-refractivity contribution is -0.137. The molecule has 0 aliphatic rings. The van der Waals surface area contributed by atoms with Gasteiger partial charge >= 0.3 is 5.97 Å². The first kappa shape index (κ1) is 33.5. The van der Waals surface area contributed by atoms with E-state index in [1.807, 2.05) is 12.1 Å². The van der Waals surface area contributed by atoms with Crippen molar-refractivity contribution in [2.75, 3.05) is 0 Å². The molecular weight excluding hydrogens is 432 g/mol. The van der Waals surface area contributed by atoms with Crippen molar-refractivity contribution in [2.24, 2.45) is 0 Å². The lowest BCUT2D eigenvalue weighted by Crippen LogP contribution is -1.93. The minimum absolute atomic E-state index is 0.345. The quantitative estimate of drug-likeness (QED) is 0.150. The summed E-state index contributed by atoms with van der Waals surface area (Å²) in [4.78, 5) is 10.3. The first-order chi connectivity index (χ1) is 17.1. The molecule has 35 heavy (non-hydrogen) atoms. The average molecular weight is 491 g/mol. The summed E-state index contributed by atoms with van der Waals surface area (Å²) in [7, 11) is 0. The SMILES string of the molecule is CCCCCCCCCCCCCCCCCC(=O)O.CCCCCCCCc1ccc(O)cc1. The van der Waals surface area contributed by atoms with Crippen LogP contribution in [-0.2, 0) is 11.2 Å². The highest BCUT2D eigenvalue weighted by atomic mass is 16.4. The first-order valence-corrected chi connectivity index (χ1v) is 15.1. The van der Waals surface area contributed by atoms with Crippen LogP contribution in [0.1, 0.15) is 161 Å². The van der Waals surface area contributed by atoms with Gasteiger partial charge in [0.2, 0.25) is 0 Å². The van der Waals surface area contributed by atoms with E-state index in [2.05, 4.69) is 13.8 Å². The number of rotatable bonds is 23. The van der Waals surface area contributed by atoms with Gasteiger partial charge in [0, 0.05) is 6.42 Å². The van der Waals surface area contributed by atoms with Gasteiger partial charge in [0.1, 0.15) is 5.75 Å². The molecule has 0 radical (unpaired) electrons. The van der Waals surface area contributed by atoms with E-state index in [1.165, 1.54) is 128 Å². The summed E-state index contributed by atoms with van der Waals surface area (Å²) < 4.78 is 0. The van der Waals surface area contributed by atoms with Crippen LogP contribution in [0.4, 0.5) is 0 Å². The van der Waals surface area contributed by atoms with Gasteiger partial charge in [-0.25, -0.2) is 0 Å². The Hall–Kier alpha value is -1.51. The predicted molar refractivity (Wildman–Crippen MR) is 152 cm³/mol. The van der Waals surface area contributed by atoms with E-state index in [0.717, 1.165) is 19.3 Å². The van der Waals surface area contributed by atoms with E-state index in [1.54, 1.807) is 12.1 Å².